The molecule has 1 aliphatic heterocycles. The van der Waals surface area contributed by atoms with Gasteiger partial charge in [-0.25, -0.2) is 16.8 Å². The highest BCUT2D eigenvalue weighted by Crippen LogP contribution is 2.21. The summed E-state index contributed by atoms with van der Waals surface area (Å²) in [6, 6.07) is 5.86. The number of hydrogen-bond acceptors (Lipinski definition) is 5. The zero-order valence-electron chi connectivity index (χ0n) is 12.3. The lowest BCUT2D eigenvalue weighted by atomic mass is 10.1. The molecule has 126 valence electrons. The normalized spacial score (nSPS) is 20.4. The van der Waals surface area contributed by atoms with Gasteiger partial charge in [0.1, 0.15) is 0 Å². The van der Waals surface area contributed by atoms with Crippen molar-refractivity contribution in [2.45, 2.75) is 29.5 Å². The molecule has 1 aromatic carbocycles. The van der Waals surface area contributed by atoms with E-state index in [1.54, 1.807) is 0 Å². The molecule has 1 heterocycles. The van der Waals surface area contributed by atoms with Crippen molar-refractivity contribution >= 4 is 32.3 Å². The molecule has 1 aliphatic rings. The van der Waals surface area contributed by atoms with Gasteiger partial charge in [0.2, 0.25) is 10.0 Å². The Bertz CT molecular complexity index is 702. The lowest BCUT2D eigenvalue weighted by molar-refractivity contribution is 0.316. The Morgan fingerprint density at radius 3 is 2.27 bits per heavy atom. The second kappa shape index (κ2) is 7.27. The minimum absolute atomic E-state index is 0. The molecule has 1 saturated heterocycles. The molecule has 0 radical (unpaired) electrons. The van der Waals surface area contributed by atoms with E-state index in [2.05, 4.69) is 0 Å². The van der Waals surface area contributed by atoms with Gasteiger partial charge in [-0.15, -0.1) is 12.4 Å². The van der Waals surface area contributed by atoms with Crippen molar-refractivity contribution in [3.63, 3.8) is 0 Å². The van der Waals surface area contributed by atoms with Crippen LogP contribution < -0.4 is 5.73 Å². The Morgan fingerprint density at radius 2 is 1.77 bits per heavy atom. The Morgan fingerprint density at radius 1 is 1.18 bits per heavy atom. The van der Waals surface area contributed by atoms with Crippen molar-refractivity contribution in [3.05, 3.63) is 29.8 Å². The highest BCUT2D eigenvalue weighted by molar-refractivity contribution is 7.90. The molecule has 0 spiro atoms. The number of benzene rings is 1. The van der Waals surface area contributed by atoms with Gasteiger partial charge in [0.25, 0.3) is 0 Å². The predicted octanol–water partition coefficient (Wildman–Crippen LogP) is 0.765. The fourth-order valence-corrected chi connectivity index (χ4v) is 4.74. The van der Waals surface area contributed by atoms with Crippen molar-refractivity contribution in [1.82, 2.24) is 4.31 Å². The van der Waals surface area contributed by atoms with Gasteiger partial charge < -0.3 is 5.73 Å². The number of halogens is 1. The first-order valence-corrected chi connectivity index (χ1v) is 10.2. The van der Waals surface area contributed by atoms with E-state index in [0.29, 0.717) is 18.7 Å². The molecule has 2 rings (SSSR count). The Kier molecular flexibility index (Phi) is 6.40. The third kappa shape index (κ3) is 4.92. The molecule has 22 heavy (non-hydrogen) atoms. The monoisotopic (exact) mass is 368 g/mol. The number of piperidine rings is 1. The Hall–Kier alpha value is -0.670. The van der Waals surface area contributed by atoms with E-state index in [-0.39, 0.29) is 29.1 Å². The van der Waals surface area contributed by atoms with E-state index >= 15 is 0 Å². The van der Waals surface area contributed by atoms with Crippen LogP contribution in [0.2, 0.25) is 0 Å². The first kappa shape index (κ1) is 19.4. The molecule has 9 heteroatoms. The van der Waals surface area contributed by atoms with Crippen molar-refractivity contribution in [1.29, 1.82) is 0 Å². The summed E-state index contributed by atoms with van der Waals surface area (Å²) in [4.78, 5) is 0.175. The maximum atomic E-state index is 12.5. The topological polar surface area (TPSA) is 97.5 Å². The largest absolute Gasteiger partial charge is 0.327 e. The van der Waals surface area contributed by atoms with Crippen molar-refractivity contribution in [2.75, 3.05) is 19.3 Å². The number of nitrogens with zero attached hydrogens (tertiary/aromatic N) is 1. The van der Waals surface area contributed by atoms with E-state index < -0.39 is 19.9 Å². The second-order valence-corrected chi connectivity index (χ2v) is 9.56. The van der Waals surface area contributed by atoms with Crippen molar-refractivity contribution in [3.8, 4) is 0 Å². The number of sulfonamides is 1. The molecule has 2 N–H and O–H groups in total. The molecule has 0 saturated carbocycles. The average Bonchev–Trinajstić information content (AvgIpc) is 2.37. The van der Waals surface area contributed by atoms with Gasteiger partial charge >= 0.3 is 0 Å². The minimum atomic E-state index is -3.55. The molecule has 0 bridgehead atoms. The van der Waals surface area contributed by atoms with Crippen molar-refractivity contribution in [2.24, 2.45) is 5.73 Å². The Labute approximate surface area is 138 Å². The maximum absolute atomic E-state index is 12.5. The Balaban J connectivity index is 0.00000242. The van der Waals surface area contributed by atoms with Gasteiger partial charge in [-0.05, 0) is 30.5 Å². The van der Waals surface area contributed by atoms with Crippen LogP contribution in [0, 0.1) is 0 Å². The van der Waals surface area contributed by atoms with Crippen LogP contribution in [0.25, 0.3) is 0 Å². The smallest absolute Gasteiger partial charge is 0.243 e. The van der Waals surface area contributed by atoms with Crippen LogP contribution in [0.3, 0.4) is 0 Å². The summed E-state index contributed by atoms with van der Waals surface area (Å²) in [7, 11) is -6.68. The summed E-state index contributed by atoms with van der Waals surface area (Å²) < 4.78 is 48.8. The van der Waals surface area contributed by atoms with Crippen LogP contribution >= 0.6 is 12.4 Å². The van der Waals surface area contributed by atoms with Crippen LogP contribution in [-0.2, 0) is 25.6 Å². The van der Waals surface area contributed by atoms with E-state index in [9.17, 15) is 16.8 Å². The summed E-state index contributed by atoms with van der Waals surface area (Å²) in [6.07, 6.45) is 2.73. The summed E-state index contributed by atoms with van der Waals surface area (Å²) in [6.45, 7) is 0.800. The molecule has 1 atom stereocenters. The molecule has 0 amide bonds. The molecule has 0 aliphatic carbocycles. The standard InChI is InChI=1S/C13H20N2O4S2.ClH/c1-20(16,17)10-11-4-6-13(7-5-11)21(18,19)15-8-2-3-12(14)9-15;/h4-7,12H,2-3,8-10,14H2,1H3;1H/t12-;/m0./s1. The fourth-order valence-electron chi connectivity index (χ4n) is 2.40. The van der Waals surface area contributed by atoms with Crippen LogP contribution in [0.1, 0.15) is 18.4 Å². The van der Waals surface area contributed by atoms with Gasteiger partial charge in [-0.3, -0.25) is 0 Å². The zero-order chi connectivity index (χ0) is 15.7. The first-order valence-electron chi connectivity index (χ1n) is 6.71. The highest BCUT2D eigenvalue weighted by atomic mass is 35.5. The van der Waals surface area contributed by atoms with Crippen LogP contribution in [0.15, 0.2) is 29.2 Å². The number of rotatable bonds is 4. The van der Waals surface area contributed by atoms with Crippen LogP contribution in [0.4, 0.5) is 0 Å². The van der Waals surface area contributed by atoms with E-state index in [1.807, 2.05) is 0 Å². The third-order valence-corrected chi connectivity index (χ3v) is 6.15. The van der Waals surface area contributed by atoms with Crippen LogP contribution in [-0.4, -0.2) is 46.5 Å². The maximum Gasteiger partial charge on any atom is 0.243 e. The minimum Gasteiger partial charge on any atom is -0.327 e. The van der Waals surface area contributed by atoms with Gasteiger partial charge in [0.15, 0.2) is 9.84 Å². The summed E-state index contributed by atoms with van der Waals surface area (Å²) in [5, 5.41) is 0. The molecule has 1 aromatic rings. The van der Waals surface area contributed by atoms with E-state index in [1.165, 1.54) is 28.6 Å². The zero-order valence-corrected chi connectivity index (χ0v) is 14.8. The van der Waals surface area contributed by atoms with Gasteiger partial charge in [-0.2, -0.15) is 4.31 Å². The first-order chi connectivity index (χ1) is 9.68. The van der Waals surface area contributed by atoms with E-state index in [4.69, 9.17) is 5.73 Å². The molecule has 1 fully saturated rings. The number of sulfone groups is 1. The fraction of sp³-hybridized carbons (Fsp3) is 0.538. The summed E-state index contributed by atoms with van der Waals surface area (Å²) >= 11 is 0. The highest BCUT2D eigenvalue weighted by Gasteiger charge is 2.28. The van der Waals surface area contributed by atoms with Gasteiger partial charge in [0, 0.05) is 25.4 Å². The number of hydrogen-bond donors (Lipinski definition) is 1. The molecular formula is C13H21ClN2O4S2. The van der Waals surface area contributed by atoms with Gasteiger partial charge in [-0.1, -0.05) is 12.1 Å². The molecule has 6 nitrogen and oxygen atoms in total. The average molecular weight is 369 g/mol. The molecule has 0 aromatic heterocycles. The predicted molar refractivity (Wildman–Crippen MR) is 88.2 cm³/mol. The quantitative estimate of drug-likeness (QED) is 0.846. The summed E-state index contributed by atoms with van der Waals surface area (Å²) in [5.74, 6) is -0.0953. The number of nitrogens with two attached hydrogens (primary N) is 1. The molecule has 0 unspecified atom stereocenters. The van der Waals surface area contributed by atoms with E-state index in [0.717, 1.165) is 19.1 Å². The lowest BCUT2D eigenvalue weighted by Crippen LogP contribution is -2.45. The van der Waals surface area contributed by atoms with Crippen LogP contribution in [0.5, 0.6) is 0 Å². The lowest BCUT2D eigenvalue weighted by Gasteiger charge is -2.29. The van der Waals surface area contributed by atoms with Crippen molar-refractivity contribution < 1.29 is 16.8 Å². The SMILES string of the molecule is CS(=O)(=O)Cc1ccc(S(=O)(=O)N2CCC[C@H](N)C2)cc1.Cl. The van der Waals surface area contributed by atoms with Gasteiger partial charge in [0.05, 0.1) is 10.6 Å². The third-order valence-electron chi connectivity index (χ3n) is 3.41. The molecular weight excluding hydrogens is 348 g/mol. The second-order valence-electron chi connectivity index (χ2n) is 5.48. The summed E-state index contributed by atoms with van der Waals surface area (Å²) in [5.41, 5.74) is 6.40.